The second-order valence-corrected chi connectivity index (χ2v) is 3.56. The van der Waals surface area contributed by atoms with Gasteiger partial charge in [0.15, 0.2) is 0 Å². The molecule has 0 saturated carbocycles. The van der Waals surface area contributed by atoms with E-state index in [0.29, 0.717) is 5.02 Å². The Kier molecular flexibility index (Phi) is 5.29. The fraction of sp³-hybridized carbons (Fsp3) is 0.455. The summed E-state index contributed by atoms with van der Waals surface area (Å²) in [6.07, 6.45) is 0. The molecule has 84 valence electrons. The Balaban J connectivity index is 2.54. The topological polar surface area (TPSA) is 33.3 Å². The number of halogens is 1. The van der Waals surface area contributed by atoms with Gasteiger partial charge in [-0.3, -0.25) is 0 Å². The van der Waals surface area contributed by atoms with Crippen molar-refractivity contribution in [2.45, 2.75) is 6.92 Å². The Morgan fingerprint density at radius 3 is 2.80 bits per heavy atom. The number of hydrogen-bond donors (Lipinski definition) is 2. The first kappa shape index (κ1) is 12.1. The van der Waals surface area contributed by atoms with Crippen LogP contribution in [0.5, 0.6) is 5.75 Å². The Morgan fingerprint density at radius 1 is 1.33 bits per heavy atom. The highest BCUT2D eigenvalue weighted by atomic mass is 35.5. The van der Waals surface area contributed by atoms with Gasteiger partial charge < -0.3 is 15.4 Å². The smallest absolute Gasteiger partial charge is 0.142 e. The van der Waals surface area contributed by atoms with Crippen molar-refractivity contribution in [2.75, 3.05) is 32.1 Å². The molecular formula is C11H17ClN2O. The van der Waals surface area contributed by atoms with Crippen LogP contribution in [-0.4, -0.2) is 26.7 Å². The highest BCUT2D eigenvalue weighted by molar-refractivity contribution is 6.30. The maximum atomic E-state index is 5.90. The summed E-state index contributed by atoms with van der Waals surface area (Å²) in [5.41, 5.74) is 0.933. The largest absolute Gasteiger partial charge is 0.495 e. The molecule has 1 aromatic carbocycles. The molecular weight excluding hydrogens is 212 g/mol. The van der Waals surface area contributed by atoms with Crippen LogP contribution in [0.3, 0.4) is 0 Å². The predicted molar refractivity (Wildman–Crippen MR) is 65.0 cm³/mol. The van der Waals surface area contributed by atoms with Crippen LogP contribution >= 0.6 is 11.6 Å². The molecule has 15 heavy (non-hydrogen) atoms. The minimum atomic E-state index is 0.710. The van der Waals surface area contributed by atoms with Crippen LogP contribution in [0.15, 0.2) is 18.2 Å². The van der Waals surface area contributed by atoms with Gasteiger partial charge in [0, 0.05) is 18.1 Å². The van der Waals surface area contributed by atoms with E-state index < -0.39 is 0 Å². The van der Waals surface area contributed by atoms with Crippen LogP contribution in [0.1, 0.15) is 6.92 Å². The van der Waals surface area contributed by atoms with Crippen molar-refractivity contribution in [3.8, 4) is 5.75 Å². The summed E-state index contributed by atoms with van der Waals surface area (Å²) in [4.78, 5) is 0. The first-order valence-corrected chi connectivity index (χ1v) is 5.44. The number of hydrogen-bond acceptors (Lipinski definition) is 3. The molecule has 4 heteroatoms. The number of nitrogens with one attached hydrogen (secondary N) is 2. The van der Waals surface area contributed by atoms with Crippen LogP contribution < -0.4 is 15.4 Å². The predicted octanol–water partition coefficient (Wildman–Crippen LogP) is 2.37. The molecule has 0 fully saturated rings. The van der Waals surface area contributed by atoms with Crippen molar-refractivity contribution in [1.29, 1.82) is 0 Å². The van der Waals surface area contributed by atoms with Gasteiger partial charge in [-0.25, -0.2) is 0 Å². The van der Waals surface area contributed by atoms with Crippen molar-refractivity contribution >= 4 is 17.3 Å². The monoisotopic (exact) mass is 228 g/mol. The molecule has 0 aliphatic heterocycles. The average molecular weight is 229 g/mol. The highest BCUT2D eigenvalue weighted by Gasteiger charge is 2.02. The van der Waals surface area contributed by atoms with E-state index >= 15 is 0 Å². The summed E-state index contributed by atoms with van der Waals surface area (Å²) in [6.45, 7) is 4.84. The summed E-state index contributed by atoms with van der Waals surface area (Å²) in [5.74, 6) is 0.816. The number of likely N-dealkylation sites (N-methyl/N-ethyl adjacent to an activating group) is 1. The van der Waals surface area contributed by atoms with Gasteiger partial charge in [0.05, 0.1) is 12.8 Å². The highest BCUT2D eigenvalue weighted by Crippen LogP contribution is 2.27. The van der Waals surface area contributed by atoms with E-state index in [1.54, 1.807) is 7.11 Å². The molecule has 3 nitrogen and oxygen atoms in total. The van der Waals surface area contributed by atoms with E-state index in [1.165, 1.54) is 0 Å². The molecule has 2 N–H and O–H groups in total. The minimum absolute atomic E-state index is 0.710. The molecule has 0 heterocycles. The third-order valence-electron chi connectivity index (χ3n) is 2.03. The minimum Gasteiger partial charge on any atom is -0.495 e. The number of rotatable bonds is 6. The summed E-state index contributed by atoms with van der Waals surface area (Å²) < 4.78 is 5.22. The first-order valence-electron chi connectivity index (χ1n) is 5.06. The van der Waals surface area contributed by atoms with Gasteiger partial charge in [0.25, 0.3) is 0 Å². The molecule has 0 amide bonds. The maximum Gasteiger partial charge on any atom is 0.142 e. The second kappa shape index (κ2) is 6.53. The van der Waals surface area contributed by atoms with Crippen molar-refractivity contribution in [1.82, 2.24) is 5.32 Å². The van der Waals surface area contributed by atoms with E-state index in [9.17, 15) is 0 Å². The van der Waals surface area contributed by atoms with E-state index in [2.05, 4.69) is 17.6 Å². The molecule has 0 aliphatic carbocycles. The van der Waals surface area contributed by atoms with Gasteiger partial charge in [-0.05, 0) is 24.7 Å². The van der Waals surface area contributed by atoms with Crippen molar-refractivity contribution in [3.05, 3.63) is 23.2 Å². The lowest BCUT2D eigenvalue weighted by molar-refractivity contribution is 0.416. The average Bonchev–Trinajstić information content (AvgIpc) is 2.25. The van der Waals surface area contributed by atoms with Gasteiger partial charge in [0.1, 0.15) is 5.75 Å². The van der Waals surface area contributed by atoms with Gasteiger partial charge in [0.2, 0.25) is 0 Å². The number of ether oxygens (including phenoxy) is 1. The third kappa shape index (κ3) is 3.98. The fourth-order valence-corrected chi connectivity index (χ4v) is 1.45. The van der Waals surface area contributed by atoms with E-state index in [0.717, 1.165) is 31.1 Å². The lowest BCUT2D eigenvalue weighted by Crippen LogP contribution is -2.21. The van der Waals surface area contributed by atoms with Crippen molar-refractivity contribution in [3.63, 3.8) is 0 Å². The number of methoxy groups -OCH3 is 1. The SMILES string of the molecule is CCNCCNc1cc(Cl)ccc1OC. The van der Waals surface area contributed by atoms with Crippen molar-refractivity contribution < 1.29 is 4.74 Å². The maximum absolute atomic E-state index is 5.90. The van der Waals surface area contributed by atoms with E-state index in [-0.39, 0.29) is 0 Å². The van der Waals surface area contributed by atoms with E-state index in [4.69, 9.17) is 16.3 Å². The molecule has 0 aliphatic rings. The lowest BCUT2D eigenvalue weighted by Gasteiger charge is -2.11. The van der Waals surface area contributed by atoms with Crippen LogP contribution in [-0.2, 0) is 0 Å². The molecule has 0 bridgehead atoms. The van der Waals surface area contributed by atoms with Gasteiger partial charge in [-0.2, -0.15) is 0 Å². The quantitative estimate of drug-likeness (QED) is 0.734. The molecule has 0 aromatic heterocycles. The lowest BCUT2D eigenvalue weighted by atomic mass is 10.3. The van der Waals surface area contributed by atoms with Crippen LogP contribution in [0, 0.1) is 0 Å². The number of benzene rings is 1. The Hall–Kier alpha value is -0.930. The fourth-order valence-electron chi connectivity index (χ4n) is 1.28. The molecule has 0 unspecified atom stereocenters. The molecule has 1 aromatic rings. The molecule has 0 radical (unpaired) electrons. The van der Waals surface area contributed by atoms with Crippen LogP contribution in [0.2, 0.25) is 5.02 Å². The Morgan fingerprint density at radius 2 is 2.13 bits per heavy atom. The first-order chi connectivity index (χ1) is 7.27. The standard InChI is InChI=1S/C11H17ClN2O/c1-3-13-6-7-14-10-8-9(12)4-5-11(10)15-2/h4-5,8,13-14H,3,6-7H2,1-2H3. The second-order valence-electron chi connectivity index (χ2n) is 3.12. The zero-order chi connectivity index (χ0) is 11.1. The zero-order valence-electron chi connectivity index (χ0n) is 9.14. The Bertz CT molecular complexity index is 305. The van der Waals surface area contributed by atoms with Crippen LogP contribution in [0.25, 0.3) is 0 Å². The Labute approximate surface area is 95.8 Å². The van der Waals surface area contributed by atoms with Gasteiger partial charge in [-0.1, -0.05) is 18.5 Å². The third-order valence-corrected chi connectivity index (χ3v) is 2.26. The molecule has 0 saturated heterocycles. The van der Waals surface area contributed by atoms with E-state index in [1.807, 2.05) is 18.2 Å². The molecule has 0 atom stereocenters. The normalized spacial score (nSPS) is 10.1. The molecule has 0 spiro atoms. The molecule has 1 rings (SSSR count). The van der Waals surface area contributed by atoms with Gasteiger partial charge in [-0.15, -0.1) is 0 Å². The summed E-state index contributed by atoms with van der Waals surface area (Å²) in [6, 6.07) is 5.54. The number of anilines is 1. The zero-order valence-corrected chi connectivity index (χ0v) is 9.90. The summed E-state index contributed by atoms with van der Waals surface area (Å²) in [5, 5.41) is 7.21. The summed E-state index contributed by atoms with van der Waals surface area (Å²) in [7, 11) is 1.65. The van der Waals surface area contributed by atoms with Crippen LogP contribution in [0.4, 0.5) is 5.69 Å². The summed E-state index contributed by atoms with van der Waals surface area (Å²) >= 11 is 5.90. The van der Waals surface area contributed by atoms with Gasteiger partial charge >= 0.3 is 0 Å². The van der Waals surface area contributed by atoms with Crippen molar-refractivity contribution in [2.24, 2.45) is 0 Å².